The summed E-state index contributed by atoms with van der Waals surface area (Å²) in [5.41, 5.74) is -1.31. The number of piperidine rings is 1. The summed E-state index contributed by atoms with van der Waals surface area (Å²) in [5, 5.41) is 28.1. The largest absolute Gasteiger partial charge is 0.493 e. The number of hydrogen-bond acceptors (Lipinski definition) is 6. The molecule has 1 aliphatic rings. The summed E-state index contributed by atoms with van der Waals surface area (Å²) in [7, 11) is 1.51. The number of carbonyl (C=O) groups is 1. The van der Waals surface area contributed by atoms with E-state index in [1.165, 1.54) is 7.11 Å². The summed E-state index contributed by atoms with van der Waals surface area (Å²) in [6.45, 7) is 0.955. The van der Waals surface area contributed by atoms with E-state index in [0.717, 1.165) is 0 Å². The smallest absolute Gasteiger partial charge is 0.348 e. The number of methoxy groups -OCH3 is 1. The zero-order chi connectivity index (χ0) is 16.9. The molecule has 2 rings (SSSR count). The molecule has 0 aromatic heterocycles. The van der Waals surface area contributed by atoms with Gasteiger partial charge in [-0.2, -0.15) is 0 Å². The predicted molar refractivity (Wildman–Crippen MR) is 82.8 cm³/mol. The van der Waals surface area contributed by atoms with Crippen LogP contribution in [-0.2, 0) is 4.79 Å². The minimum Gasteiger partial charge on any atom is -0.493 e. The summed E-state index contributed by atoms with van der Waals surface area (Å²) < 4.78 is 11.1. The fourth-order valence-electron chi connectivity index (χ4n) is 2.73. The standard InChI is InChI=1S/C16H23NO6/c1-22-13-4-2-3-5-14(13)23-16(15(20)21)6-8-17(9-7-16)10-12(19)11-18/h2-5,12,18-19H,6-11H2,1H3,(H,20,21)/t12-/m0/s1. The average Bonchev–Trinajstić information content (AvgIpc) is 2.57. The van der Waals surface area contributed by atoms with Crippen LogP contribution >= 0.6 is 0 Å². The first kappa shape index (κ1) is 17.5. The second kappa shape index (κ2) is 7.63. The van der Waals surface area contributed by atoms with Crippen LogP contribution in [0.15, 0.2) is 24.3 Å². The van der Waals surface area contributed by atoms with Crippen LogP contribution in [0.2, 0.25) is 0 Å². The molecule has 1 aliphatic heterocycles. The number of β-amino-alcohol motifs (C(OH)–C–C–N with tert-alkyl or cyclic N) is 1. The minimum absolute atomic E-state index is 0.290. The van der Waals surface area contributed by atoms with Crippen molar-refractivity contribution in [3.63, 3.8) is 0 Å². The van der Waals surface area contributed by atoms with Gasteiger partial charge in [0.25, 0.3) is 0 Å². The molecule has 1 saturated heterocycles. The maximum atomic E-state index is 11.8. The van der Waals surface area contributed by atoms with E-state index >= 15 is 0 Å². The lowest BCUT2D eigenvalue weighted by Crippen LogP contribution is -2.54. The number of likely N-dealkylation sites (tertiary alicyclic amines) is 1. The highest BCUT2D eigenvalue weighted by atomic mass is 16.5. The Bertz CT molecular complexity index is 527. The van der Waals surface area contributed by atoms with Gasteiger partial charge in [0, 0.05) is 32.5 Å². The minimum atomic E-state index is -1.31. The van der Waals surface area contributed by atoms with Gasteiger partial charge in [-0.25, -0.2) is 4.79 Å². The summed E-state index contributed by atoms with van der Waals surface area (Å²) in [6.07, 6.45) is -0.237. The van der Waals surface area contributed by atoms with Crippen LogP contribution in [0.4, 0.5) is 0 Å². The number of aliphatic hydroxyl groups is 2. The Kier molecular flexibility index (Phi) is 5.81. The van der Waals surface area contributed by atoms with Crippen molar-refractivity contribution in [1.29, 1.82) is 0 Å². The van der Waals surface area contributed by atoms with Crippen molar-refractivity contribution in [3.8, 4) is 11.5 Å². The Morgan fingerprint density at radius 1 is 1.30 bits per heavy atom. The highest BCUT2D eigenvalue weighted by molar-refractivity contribution is 5.78. The third-order valence-corrected chi connectivity index (χ3v) is 4.11. The van der Waals surface area contributed by atoms with Gasteiger partial charge in [-0.1, -0.05) is 12.1 Å². The van der Waals surface area contributed by atoms with Gasteiger partial charge in [0.2, 0.25) is 5.60 Å². The van der Waals surface area contributed by atoms with E-state index in [1.54, 1.807) is 24.3 Å². The molecule has 1 aromatic carbocycles. The van der Waals surface area contributed by atoms with E-state index in [9.17, 15) is 15.0 Å². The van der Waals surface area contributed by atoms with Gasteiger partial charge in [-0.3, -0.25) is 0 Å². The van der Waals surface area contributed by atoms with Crippen LogP contribution in [0.3, 0.4) is 0 Å². The van der Waals surface area contributed by atoms with Crippen LogP contribution in [-0.4, -0.2) is 71.2 Å². The molecule has 0 aliphatic carbocycles. The van der Waals surface area contributed by atoms with Gasteiger partial charge in [-0.15, -0.1) is 0 Å². The third kappa shape index (κ3) is 4.13. The number of nitrogens with zero attached hydrogens (tertiary/aromatic N) is 1. The van der Waals surface area contributed by atoms with Crippen LogP contribution in [0, 0.1) is 0 Å². The first-order valence-corrected chi connectivity index (χ1v) is 7.57. The Balaban J connectivity index is 2.09. The lowest BCUT2D eigenvalue weighted by atomic mass is 9.91. The number of carboxylic acid groups (broad SMARTS) is 1. The molecule has 0 spiro atoms. The third-order valence-electron chi connectivity index (χ3n) is 4.11. The van der Waals surface area contributed by atoms with E-state index < -0.39 is 17.7 Å². The molecule has 0 saturated carbocycles. The first-order valence-electron chi connectivity index (χ1n) is 7.57. The molecule has 1 fully saturated rings. The molecule has 23 heavy (non-hydrogen) atoms. The predicted octanol–water partition coefficient (Wildman–Crippen LogP) is 0.346. The fourth-order valence-corrected chi connectivity index (χ4v) is 2.73. The number of para-hydroxylation sites is 2. The second-order valence-corrected chi connectivity index (χ2v) is 5.69. The SMILES string of the molecule is COc1ccccc1OC1(C(=O)O)CCN(C[C@H](O)CO)CC1. The molecule has 0 bridgehead atoms. The number of carboxylic acids is 1. The normalized spacial score (nSPS) is 19.1. The van der Waals surface area contributed by atoms with Gasteiger partial charge in [-0.05, 0) is 12.1 Å². The van der Waals surface area contributed by atoms with E-state index in [4.69, 9.17) is 14.6 Å². The maximum absolute atomic E-state index is 11.8. The van der Waals surface area contributed by atoms with Crippen molar-refractivity contribution >= 4 is 5.97 Å². The Labute approximate surface area is 135 Å². The Hall–Kier alpha value is -1.83. The molecule has 0 radical (unpaired) electrons. The van der Waals surface area contributed by atoms with Crippen LogP contribution < -0.4 is 9.47 Å². The molecule has 0 amide bonds. The quantitative estimate of drug-likeness (QED) is 0.665. The number of benzene rings is 1. The van der Waals surface area contributed by atoms with Crippen LogP contribution in [0.5, 0.6) is 11.5 Å². The molecule has 1 aromatic rings. The summed E-state index contributed by atoms with van der Waals surface area (Å²) in [6, 6.07) is 6.96. The molecule has 7 heteroatoms. The van der Waals surface area contributed by atoms with Gasteiger partial charge in [0.05, 0.1) is 19.8 Å². The monoisotopic (exact) mass is 325 g/mol. The summed E-state index contributed by atoms with van der Waals surface area (Å²) in [5.74, 6) is -0.113. The van der Waals surface area contributed by atoms with E-state index in [2.05, 4.69) is 0 Å². The van der Waals surface area contributed by atoms with E-state index in [-0.39, 0.29) is 6.61 Å². The van der Waals surface area contributed by atoms with Gasteiger partial charge < -0.3 is 29.7 Å². The fraction of sp³-hybridized carbons (Fsp3) is 0.562. The molecule has 1 atom stereocenters. The zero-order valence-corrected chi connectivity index (χ0v) is 13.1. The molecule has 3 N–H and O–H groups in total. The van der Waals surface area contributed by atoms with Crippen LogP contribution in [0.25, 0.3) is 0 Å². The van der Waals surface area contributed by atoms with Gasteiger partial charge in [0.15, 0.2) is 11.5 Å². The number of hydrogen-bond donors (Lipinski definition) is 3. The number of aliphatic carboxylic acids is 1. The summed E-state index contributed by atoms with van der Waals surface area (Å²) >= 11 is 0. The molecule has 128 valence electrons. The lowest BCUT2D eigenvalue weighted by Gasteiger charge is -2.39. The molecule has 7 nitrogen and oxygen atoms in total. The number of rotatable bonds is 7. The first-order chi connectivity index (χ1) is 11.0. The Morgan fingerprint density at radius 3 is 2.43 bits per heavy atom. The van der Waals surface area contributed by atoms with Gasteiger partial charge in [0.1, 0.15) is 0 Å². The van der Waals surface area contributed by atoms with Crippen molar-refractivity contribution in [2.24, 2.45) is 0 Å². The van der Waals surface area contributed by atoms with Crippen molar-refractivity contribution in [2.75, 3.05) is 33.4 Å². The maximum Gasteiger partial charge on any atom is 0.348 e. The highest BCUT2D eigenvalue weighted by Crippen LogP contribution is 2.34. The molecular formula is C16H23NO6. The number of ether oxygens (including phenoxy) is 2. The van der Waals surface area contributed by atoms with Crippen LogP contribution in [0.1, 0.15) is 12.8 Å². The Morgan fingerprint density at radius 2 is 1.91 bits per heavy atom. The van der Waals surface area contributed by atoms with Gasteiger partial charge >= 0.3 is 5.97 Å². The zero-order valence-electron chi connectivity index (χ0n) is 13.1. The van der Waals surface area contributed by atoms with E-state index in [1.807, 2.05) is 4.90 Å². The second-order valence-electron chi connectivity index (χ2n) is 5.69. The molecule has 0 unspecified atom stereocenters. The topological polar surface area (TPSA) is 99.5 Å². The van der Waals surface area contributed by atoms with Crippen molar-refractivity contribution in [2.45, 2.75) is 24.5 Å². The van der Waals surface area contributed by atoms with Crippen molar-refractivity contribution in [1.82, 2.24) is 4.90 Å². The van der Waals surface area contributed by atoms with E-state index in [0.29, 0.717) is 44.0 Å². The molecule has 1 heterocycles. The molecular weight excluding hydrogens is 302 g/mol. The summed E-state index contributed by atoms with van der Waals surface area (Å²) in [4.78, 5) is 13.7. The van der Waals surface area contributed by atoms with Crippen molar-refractivity contribution < 1.29 is 29.6 Å². The highest BCUT2D eigenvalue weighted by Gasteiger charge is 2.44. The number of aliphatic hydroxyl groups excluding tert-OH is 2. The lowest BCUT2D eigenvalue weighted by molar-refractivity contribution is -0.160. The van der Waals surface area contributed by atoms with Crippen molar-refractivity contribution in [3.05, 3.63) is 24.3 Å². The average molecular weight is 325 g/mol.